The number of ether oxygens (including phenoxy) is 1. The van der Waals surface area contributed by atoms with E-state index in [-0.39, 0.29) is 35.8 Å². The number of nitrogens with one attached hydrogen (secondary N) is 2. The fourth-order valence-corrected chi connectivity index (χ4v) is 3.98. The zero-order chi connectivity index (χ0) is 22.2. The molecule has 1 atom stereocenters. The highest BCUT2D eigenvalue weighted by atomic mass is 127. The largest absolute Gasteiger partial charge is 0.495 e. The molecule has 0 radical (unpaired) electrons. The van der Waals surface area contributed by atoms with Gasteiger partial charge in [-0.15, -0.1) is 24.0 Å². The Hall–Kier alpha value is -2.07. The van der Waals surface area contributed by atoms with E-state index >= 15 is 0 Å². The van der Waals surface area contributed by atoms with Crippen molar-refractivity contribution < 1.29 is 9.13 Å². The summed E-state index contributed by atoms with van der Waals surface area (Å²) in [6.45, 7) is 3.05. The highest BCUT2D eigenvalue weighted by Gasteiger charge is 2.22. The molecule has 0 aliphatic carbocycles. The Balaban J connectivity index is 0.00000363. The van der Waals surface area contributed by atoms with E-state index in [0.717, 1.165) is 48.9 Å². The second-order valence-corrected chi connectivity index (χ2v) is 8.19. The summed E-state index contributed by atoms with van der Waals surface area (Å²) in [4.78, 5) is 8.71. The Labute approximate surface area is 208 Å². The zero-order valence-electron chi connectivity index (χ0n) is 19.4. The molecule has 6 nitrogen and oxygen atoms in total. The maximum Gasteiger partial charge on any atom is 0.191 e. The van der Waals surface area contributed by atoms with Crippen molar-refractivity contribution in [2.45, 2.75) is 32.0 Å². The average Bonchev–Trinajstić information content (AvgIpc) is 2.78. The number of rotatable bonds is 7. The third kappa shape index (κ3) is 7.23. The van der Waals surface area contributed by atoms with Crippen molar-refractivity contribution in [1.82, 2.24) is 15.5 Å². The van der Waals surface area contributed by atoms with Crippen LogP contribution in [0.4, 0.5) is 10.1 Å². The van der Waals surface area contributed by atoms with Crippen molar-refractivity contribution in [3.05, 3.63) is 59.4 Å². The van der Waals surface area contributed by atoms with Crippen molar-refractivity contribution >= 4 is 35.6 Å². The van der Waals surface area contributed by atoms with Gasteiger partial charge in [0.1, 0.15) is 11.6 Å². The minimum absolute atomic E-state index is 0. The van der Waals surface area contributed by atoms with Gasteiger partial charge in [0.2, 0.25) is 0 Å². The summed E-state index contributed by atoms with van der Waals surface area (Å²) in [6, 6.07) is 13.7. The molecule has 2 N–H and O–H groups in total. The molecule has 1 unspecified atom stereocenters. The first-order chi connectivity index (χ1) is 15.0. The molecular weight excluding hydrogens is 520 g/mol. The predicted octanol–water partition coefficient (Wildman–Crippen LogP) is 3.85. The first-order valence-electron chi connectivity index (χ1n) is 10.8. The number of nitrogens with zero attached hydrogens (tertiary/aromatic N) is 3. The molecule has 0 amide bonds. The van der Waals surface area contributed by atoms with Gasteiger partial charge in [-0.1, -0.05) is 18.2 Å². The molecule has 1 aliphatic rings. The third-order valence-corrected chi connectivity index (χ3v) is 5.47. The fourth-order valence-electron chi connectivity index (χ4n) is 3.98. The van der Waals surface area contributed by atoms with Crippen LogP contribution in [0.3, 0.4) is 0 Å². The highest BCUT2D eigenvalue weighted by Crippen LogP contribution is 2.29. The second kappa shape index (κ2) is 12.8. The number of hydrogen-bond acceptors (Lipinski definition) is 4. The molecular formula is C24H35FIN5O. The highest BCUT2D eigenvalue weighted by molar-refractivity contribution is 14.0. The van der Waals surface area contributed by atoms with E-state index in [4.69, 9.17) is 4.74 Å². The van der Waals surface area contributed by atoms with E-state index < -0.39 is 0 Å². The van der Waals surface area contributed by atoms with Gasteiger partial charge in [-0.2, -0.15) is 0 Å². The van der Waals surface area contributed by atoms with Gasteiger partial charge in [0, 0.05) is 44.8 Å². The van der Waals surface area contributed by atoms with Crippen molar-refractivity contribution in [3.8, 4) is 5.75 Å². The number of piperidine rings is 1. The molecule has 2 aromatic carbocycles. The lowest BCUT2D eigenvalue weighted by atomic mass is 10.0. The maximum atomic E-state index is 14.0. The summed E-state index contributed by atoms with van der Waals surface area (Å²) < 4.78 is 19.6. The van der Waals surface area contributed by atoms with Crippen LogP contribution in [0.2, 0.25) is 0 Å². The SMILES string of the molecule is CN=C(NCc1ccc(F)c(CN(C)C)c1)NC1CCCN(c2ccccc2OC)C1.I. The summed E-state index contributed by atoms with van der Waals surface area (Å²) in [7, 11) is 7.37. The van der Waals surface area contributed by atoms with E-state index in [1.54, 1.807) is 14.2 Å². The lowest BCUT2D eigenvalue weighted by Crippen LogP contribution is -2.51. The normalized spacial score (nSPS) is 16.5. The molecule has 0 bridgehead atoms. The van der Waals surface area contributed by atoms with Crippen molar-refractivity contribution in [1.29, 1.82) is 0 Å². The molecule has 32 heavy (non-hydrogen) atoms. The Bertz CT molecular complexity index is 892. The smallest absolute Gasteiger partial charge is 0.191 e. The van der Waals surface area contributed by atoms with Gasteiger partial charge in [0.25, 0.3) is 0 Å². The van der Waals surface area contributed by atoms with Crippen LogP contribution in [-0.4, -0.2) is 58.2 Å². The number of para-hydroxylation sites is 2. The number of guanidine groups is 1. The predicted molar refractivity (Wildman–Crippen MR) is 141 cm³/mol. The molecule has 3 rings (SSSR count). The number of hydrogen-bond donors (Lipinski definition) is 2. The van der Waals surface area contributed by atoms with E-state index in [1.807, 2.05) is 49.3 Å². The molecule has 1 saturated heterocycles. The van der Waals surface area contributed by atoms with Crippen LogP contribution in [0.1, 0.15) is 24.0 Å². The number of anilines is 1. The molecule has 1 fully saturated rings. The minimum atomic E-state index is -0.168. The molecule has 1 aliphatic heterocycles. The van der Waals surface area contributed by atoms with Gasteiger partial charge in [0.05, 0.1) is 12.8 Å². The van der Waals surface area contributed by atoms with Crippen LogP contribution in [0.25, 0.3) is 0 Å². The van der Waals surface area contributed by atoms with E-state index in [9.17, 15) is 4.39 Å². The van der Waals surface area contributed by atoms with E-state index in [2.05, 4.69) is 26.6 Å². The lowest BCUT2D eigenvalue weighted by Gasteiger charge is -2.36. The molecule has 1 heterocycles. The molecule has 0 spiro atoms. The van der Waals surface area contributed by atoms with Gasteiger partial charge >= 0.3 is 0 Å². The minimum Gasteiger partial charge on any atom is -0.495 e. The van der Waals surface area contributed by atoms with Crippen LogP contribution in [0.15, 0.2) is 47.5 Å². The van der Waals surface area contributed by atoms with Crippen molar-refractivity contribution in [2.75, 3.05) is 46.2 Å². The quantitative estimate of drug-likeness (QED) is 0.309. The Morgan fingerprint density at radius 3 is 2.75 bits per heavy atom. The van der Waals surface area contributed by atoms with Crippen LogP contribution >= 0.6 is 24.0 Å². The van der Waals surface area contributed by atoms with Gasteiger partial charge in [0.15, 0.2) is 5.96 Å². The molecule has 8 heteroatoms. The monoisotopic (exact) mass is 555 g/mol. The summed E-state index contributed by atoms with van der Waals surface area (Å²) in [6.07, 6.45) is 2.18. The Morgan fingerprint density at radius 1 is 1.25 bits per heavy atom. The summed E-state index contributed by atoms with van der Waals surface area (Å²) in [5.41, 5.74) is 2.85. The lowest BCUT2D eigenvalue weighted by molar-refractivity contribution is 0.392. The summed E-state index contributed by atoms with van der Waals surface area (Å²) >= 11 is 0. The maximum absolute atomic E-state index is 14.0. The van der Waals surface area contributed by atoms with Crippen LogP contribution in [0, 0.1) is 5.82 Å². The van der Waals surface area contributed by atoms with Crippen LogP contribution in [-0.2, 0) is 13.1 Å². The molecule has 0 aromatic heterocycles. The molecule has 2 aromatic rings. The number of aliphatic imine (C=N–C) groups is 1. The van der Waals surface area contributed by atoms with Gasteiger partial charge < -0.3 is 25.2 Å². The summed E-state index contributed by atoms with van der Waals surface area (Å²) in [5.74, 6) is 1.49. The first kappa shape index (κ1) is 26.2. The fraction of sp³-hybridized carbons (Fsp3) is 0.458. The van der Waals surface area contributed by atoms with Crippen molar-refractivity contribution in [3.63, 3.8) is 0 Å². The first-order valence-corrected chi connectivity index (χ1v) is 10.8. The summed E-state index contributed by atoms with van der Waals surface area (Å²) in [5, 5.41) is 6.92. The number of halogens is 2. The standard InChI is InChI=1S/C24H34FN5O.HI/c1-26-24(27-15-18-11-12-21(25)19(14-18)16-29(2)3)28-20-8-7-13-30(17-20)22-9-5-6-10-23(22)31-4;/h5-6,9-12,14,20H,7-8,13,15-17H2,1-4H3,(H2,26,27,28);1H. The van der Waals surface area contributed by atoms with Gasteiger partial charge in [-0.05, 0) is 56.8 Å². The van der Waals surface area contributed by atoms with Gasteiger partial charge in [-0.3, -0.25) is 4.99 Å². The second-order valence-electron chi connectivity index (χ2n) is 8.19. The van der Waals surface area contributed by atoms with Crippen LogP contribution < -0.4 is 20.3 Å². The third-order valence-electron chi connectivity index (χ3n) is 5.47. The van der Waals surface area contributed by atoms with Crippen molar-refractivity contribution in [2.24, 2.45) is 4.99 Å². The Morgan fingerprint density at radius 2 is 2.03 bits per heavy atom. The average molecular weight is 555 g/mol. The number of benzene rings is 2. The number of methoxy groups -OCH3 is 1. The van der Waals surface area contributed by atoms with Gasteiger partial charge in [-0.25, -0.2) is 4.39 Å². The molecule has 176 valence electrons. The zero-order valence-corrected chi connectivity index (χ0v) is 21.7. The van der Waals surface area contributed by atoms with E-state index in [0.29, 0.717) is 18.7 Å². The van der Waals surface area contributed by atoms with Crippen LogP contribution in [0.5, 0.6) is 5.75 Å². The molecule has 0 saturated carbocycles. The topological polar surface area (TPSA) is 52.1 Å². The van der Waals surface area contributed by atoms with E-state index in [1.165, 1.54) is 6.07 Å². The Kier molecular flexibility index (Phi) is 10.5.